The highest BCUT2D eigenvalue weighted by Crippen LogP contribution is 2.27. The maximum absolute atomic E-state index is 12.1. The molecule has 0 aliphatic carbocycles. The molecule has 0 aliphatic heterocycles. The maximum atomic E-state index is 12.1. The predicted octanol–water partition coefficient (Wildman–Crippen LogP) is 3.33. The summed E-state index contributed by atoms with van der Waals surface area (Å²) in [6.07, 6.45) is 4.59. The van der Waals surface area contributed by atoms with Crippen LogP contribution in [-0.4, -0.2) is 38.4 Å². The molecule has 0 saturated heterocycles. The van der Waals surface area contributed by atoms with Crippen molar-refractivity contribution in [1.29, 1.82) is 0 Å². The van der Waals surface area contributed by atoms with Crippen LogP contribution in [0.1, 0.15) is 19.4 Å². The first-order valence-electron chi connectivity index (χ1n) is 8.24. The molecule has 0 spiro atoms. The zero-order valence-electron chi connectivity index (χ0n) is 15.2. The molecule has 0 atom stereocenters. The third-order valence-electron chi connectivity index (χ3n) is 3.00. The van der Waals surface area contributed by atoms with Crippen LogP contribution in [0.15, 0.2) is 49.1 Å². The number of rotatable bonds is 11. The molecule has 26 heavy (non-hydrogen) atoms. The van der Waals surface area contributed by atoms with Gasteiger partial charge in [0.05, 0.1) is 13.2 Å². The summed E-state index contributed by atoms with van der Waals surface area (Å²) < 4.78 is 21.0. The smallest absolute Gasteiger partial charge is 0.345 e. The van der Waals surface area contributed by atoms with Crippen LogP contribution in [0.3, 0.4) is 0 Å². The molecule has 0 fully saturated rings. The monoisotopic (exact) mass is 360 g/mol. The second-order valence-corrected chi connectivity index (χ2v) is 4.90. The number of hydrogen-bond donors (Lipinski definition) is 0. The molecule has 140 valence electrons. The second-order valence-electron chi connectivity index (χ2n) is 4.90. The Morgan fingerprint density at radius 1 is 0.962 bits per heavy atom. The zero-order valence-corrected chi connectivity index (χ0v) is 15.2. The molecule has 6 nitrogen and oxygen atoms in total. The van der Waals surface area contributed by atoms with Gasteiger partial charge in [0.25, 0.3) is 0 Å². The quantitative estimate of drug-likeness (QED) is 0.198. The van der Waals surface area contributed by atoms with Crippen molar-refractivity contribution in [2.24, 2.45) is 0 Å². The van der Waals surface area contributed by atoms with Gasteiger partial charge in [-0.15, -0.1) is 0 Å². The molecular formula is C20H24O6. The van der Waals surface area contributed by atoms with E-state index in [1.165, 1.54) is 6.08 Å². The van der Waals surface area contributed by atoms with E-state index in [4.69, 9.17) is 18.9 Å². The molecule has 1 aromatic rings. The highest BCUT2D eigenvalue weighted by atomic mass is 16.6. The summed E-state index contributed by atoms with van der Waals surface area (Å²) in [7, 11) is 0. The lowest BCUT2D eigenvalue weighted by molar-refractivity contribution is -0.146. The van der Waals surface area contributed by atoms with Gasteiger partial charge >= 0.3 is 11.9 Å². The van der Waals surface area contributed by atoms with Gasteiger partial charge in [0, 0.05) is 11.6 Å². The molecule has 0 unspecified atom stereocenters. The van der Waals surface area contributed by atoms with Gasteiger partial charge in [-0.25, -0.2) is 9.59 Å². The van der Waals surface area contributed by atoms with Gasteiger partial charge in [-0.1, -0.05) is 25.3 Å². The minimum Gasteiger partial charge on any atom is -0.489 e. The molecule has 0 amide bonds. The van der Waals surface area contributed by atoms with E-state index in [1.807, 2.05) is 0 Å². The van der Waals surface area contributed by atoms with Gasteiger partial charge in [-0.2, -0.15) is 0 Å². The Labute approximate surface area is 153 Å². The van der Waals surface area contributed by atoms with Crippen molar-refractivity contribution in [3.05, 3.63) is 54.6 Å². The number of carbonyl (C=O) groups is 2. The van der Waals surface area contributed by atoms with E-state index in [1.54, 1.807) is 44.2 Å². The minimum atomic E-state index is -0.757. The van der Waals surface area contributed by atoms with Crippen molar-refractivity contribution in [2.45, 2.75) is 13.8 Å². The molecular weight excluding hydrogens is 336 g/mol. The fraction of sp³-hybridized carbons (Fsp3) is 0.300. The van der Waals surface area contributed by atoms with Crippen LogP contribution in [0.4, 0.5) is 0 Å². The third kappa shape index (κ3) is 6.47. The summed E-state index contributed by atoms with van der Waals surface area (Å²) in [4.78, 5) is 24.2. The van der Waals surface area contributed by atoms with Gasteiger partial charge < -0.3 is 18.9 Å². The first-order chi connectivity index (χ1) is 12.6. The summed E-state index contributed by atoms with van der Waals surface area (Å²) in [5.41, 5.74) is 0.297. The van der Waals surface area contributed by atoms with Crippen molar-refractivity contribution in [3.63, 3.8) is 0 Å². The molecule has 1 rings (SSSR count). The molecule has 6 heteroatoms. The number of carbonyl (C=O) groups excluding carboxylic acids is 2. The average molecular weight is 360 g/mol. The van der Waals surface area contributed by atoms with E-state index in [0.29, 0.717) is 23.7 Å². The van der Waals surface area contributed by atoms with Crippen molar-refractivity contribution >= 4 is 18.0 Å². The Hall–Kier alpha value is -3.02. The largest absolute Gasteiger partial charge is 0.489 e. The highest BCUT2D eigenvalue weighted by Gasteiger charge is 2.22. The van der Waals surface area contributed by atoms with Crippen LogP contribution in [0.2, 0.25) is 0 Å². The summed E-state index contributed by atoms with van der Waals surface area (Å²) in [5, 5.41) is 0. The third-order valence-corrected chi connectivity index (χ3v) is 3.00. The molecule has 0 aliphatic rings. The molecule has 0 N–H and O–H groups in total. The van der Waals surface area contributed by atoms with Crippen LogP contribution in [0, 0.1) is 0 Å². The molecule has 0 saturated carbocycles. The Bertz CT molecular complexity index is 655. The Morgan fingerprint density at radius 3 is 2.08 bits per heavy atom. The fourth-order valence-corrected chi connectivity index (χ4v) is 1.93. The minimum absolute atomic E-state index is 0.143. The van der Waals surface area contributed by atoms with E-state index in [-0.39, 0.29) is 25.4 Å². The van der Waals surface area contributed by atoms with E-state index < -0.39 is 11.9 Å². The van der Waals surface area contributed by atoms with E-state index in [0.717, 1.165) is 0 Å². The van der Waals surface area contributed by atoms with Crippen molar-refractivity contribution in [2.75, 3.05) is 26.4 Å². The normalized spacial score (nSPS) is 9.62. The average Bonchev–Trinajstić information content (AvgIpc) is 2.63. The van der Waals surface area contributed by atoms with E-state index in [9.17, 15) is 9.59 Å². The van der Waals surface area contributed by atoms with Gasteiger partial charge in [0.15, 0.2) is 0 Å². The Kier molecular flexibility index (Phi) is 9.31. The van der Waals surface area contributed by atoms with Gasteiger partial charge in [-0.3, -0.25) is 0 Å². The van der Waals surface area contributed by atoms with Crippen LogP contribution in [-0.2, 0) is 19.1 Å². The summed E-state index contributed by atoms with van der Waals surface area (Å²) in [6.45, 7) is 11.4. The van der Waals surface area contributed by atoms with Crippen LogP contribution >= 0.6 is 0 Å². The first kappa shape index (κ1) is 21.0. The topological polar surface area (TPSA) is 71.1 Å². The molecule has 0 bridgehead atoms. The lowest BCUT2D eigenvalue weighted by Gasteiger charge is -2.12. The number of hydrogen-bond acceptors (Lipinski definition) is 6. The summed E-state index contributed by atoms with van der Waals surface area (Å²) in [6, 6.07) is 5.03. The van der Waals surface area contributed by atoms with Crippen molar-refractivity contribution in [3.8, 4) is 11.5 Å². The van der Waals surface area contributed by atoms with Crippen LogP contribution in [0.5, 0.6) is 11.5 Å². The fourth-order valence-electron chi connectivity index (χ4n) is 1.93. The van der Waals surface area contributed by atoms with E-state index in [2.05, 4.69) is 13.2 Å². The SMILES string of the molecule is C=CCOc1ccc(C=C(C(=O)OCC)C(=O)OCC)c(OCC=C)c1. The number of benzene rings is 1. The van der Waals surface area contributed by atoms with Crippen molar-refractivity contribution < 1.29 is 28.5 Å². The number of esters is 2. The van der Waals surface area contributed by atoms with Crippen molar-refractivity contribution in [1.82, 2.24) is 0 Å². The molecule has 0 radical (unpaired) electrons. The Morgan fingerprint density at radius 2 is 1.54 bits per heavy atom. The van der Waals surface area contributed by atoms with Gasteiger partial charge in [-0.05, 0) is 32.1 Å². The maximum Gasteiger partial charge on any atom is 0.345 e. The second kappa shape index (κ2) is 11.5. The number of ether oxygens (including phenoxy) is 4. The molecule has 0 heterocycles. The van der Waals surface area contributed by atoms with Crippen LogP contribution < -0.4 is 9.47 Å². The van der Waals surface area contributed by atoms with E-state index >= 15 is 0 Å². The lowest BCUT2D eigenvalue weighted by atomic mass is 10.1. The lowest BCUT2D eigenvalue weighted by Crippen LogP contribution is -2.18. The Balaban J connectivity index is 3.29. The first-order valence-corrected chi connectivity index (χ1v) is 8.24. The van der Waals surface area contributed by atoms with Gasteiger partial charge in [0.1, 0.15) is 30.3 Å². The summed E-state index contributed by atoms with van der Waals surface area (Å²) in [5.74, 6) is -0.521. The molecule has 0 aromatic heterocycles. The van der Waals surface area contributed by atoms with Gasteiger partial charge in [0.2, 0.25) is 0 Å². The summed E-state index contributed by atoms with van der Waals surface area (Å²) >= 11 is 0. The highest BCUT2D eigenvalue weighted by molar-refractivity contribution is 6.17. The predicted molar refractivity (Wildman–Crippen MR) is 99.1 cm³/mol. The zero-order chi connectivity index (χ0) is 19.4. The molecule has 1 aromatic carbocycles. The van der Waals surface area contributed by atoms with Crippen LogP contribution in [0.25, 0.3) is 6.08 Å². The standard InChI is InChI=1S/C20H24O6/c1-5-11-25-16-10-9-15(18(14-16)26-12-6-2)13-17(19(21)23-7-3)20(22)24-8-4/h5-6,9-10,13-14H,1-2,7-8,11-12H2,3-4H3.